The van der Waals surface area contributed by atoms with Crippen LogP contribution in [0.5, 0.6) is 11.5 Å². The normalized spacial score (nSPS) is 14.8. The van der Waals surface area contributed by atoms with Crippen molar-refractivity contribution >= 4 is 22.9 Å². The summed E-state index contributed by atoms with van der Waals surface area (Å²) in [6, 6.07) is 7.66. The fraction of sp³-hybridized carbons (Fsp3) is 0.316. The average molecular weight is 343 g/mol. The minimum atomic E-state index is -0.320. The molecule has 5 heteroatoms. The largest absolute Gasteiger partial charge is 0.488 e. The quantitative estimate of drug-likeness (QED) is 0.622. The van der Waals surface area contributed by atoms with Gasteiger partial charge >= 0.3 is 5.97 Å². The molecule has 3 rings (SSSR count). The van der Waals surface area contributed by atoms with Crippen molar-refractivity contribution in [1.29, 1.82) is 0 Å². The summed E-state index contributed by atoms with van der Waals surface area (Å²) < 4.78 is 11.2. The zero-order valence-corrected chi connectivity index (χ0v) is 15.0. The Bertz CT molecular complexity index is 777. The highest BCUT2D eigenvalue weighted by atomic mass is 32.1. The van der Waals surface area contributed by atoms with E-state index in [9.17, 15) is 4.79 Å². The summed E-state index contributed by atoms with van der Waals surface area (Å²) in [5, 5.41) is 2.09. The topological polar surface area (TPSA) is 38.8 Å². The van der Waals surface area contributed by atoms with Crippen molar-refractivity contribution in [3.63, 3.8) is 0 Å². The molecule has 2 aromatic rings. The van der Waals surface area contributed by atoms with Gasteiger partial charge < -0.3 is 14.4 Å². The Labute approximate surface area is 146 Å². The molecule has 0 spiro atoms. The highest BCUT2D eigenvalue weighted by molar-refractivity contribution is 7.11. The van der Waals surface area contributed by atoms with Gasteiger partial charge in [0, 0.05) is 29.5 Å². The van der Waals surface area contributed by atoms with Crippen molar-refractivity contribution in [2.75, 3.05) is 20.6 Å². The van der Waals surface area contributed by atoms with E-state index < -0.39 is 0 Å². The van der Waals surface area contributed by atoms with Crippen molar-refractivity contribution in [2.24, 2.45) is 0 Å². The summed E-state index contributed by atoms with van der Waals surface area (Å²) in [6.07, 6.45) is 3.19. The zero-order valence-electron chi connectivity index (χ0n) is 14.2. The van der Waals surface area contributed by atoms with Crippen LogP contribution < -0.4 is 9.47 Å². The number of carbonyl (C=O) groups is 1. The average Bonchev–Trinajstić information content (AvgIpc) is 2.92. The number of hydrogen-bond acceptors (Lipinski definition) is 5. The van der Waals surface area contributed by atoms with E-state index in [4.69, 9.17) is 9.47 Å². The van der Waals surface area contributed by atoms with Gasteiger partial charge in [-0.25, -0.2) is 0 Å². The molecule has 1 aliphatic rings. The third-order valence-electron chi connectivity index (χ3n) is 3.80. The van der Waals surface area contributed by atoms with E-state index in [-0.39, 0.29) is 5.97 Å². The Morgan fingerprint density at radius 2 is 2.21 bits per heavy atom. The fourth-order valence-electron chi connectivity index (χ4n) is 2.71. The summed E-state index contributed by atoms with van der Waals surface area (Å²) in [6.45, 7) is 2.95. The van der Waals surface area contributed by atoms with Gasteiger partial charge in [-0.15, -0.1) is 11.3 Å². The van der Waals surface area contributed by atoms with Crippen LogP contribution in [-0.4, -0.2) is 31.5 Å². The number of thiophene rings is 1. The molecule has 0 saturated heterocycles. The van der Waals surface area contributed by atoms with Crippen LogP contribution in [0.25, 0.3) is 5.57 Å². The number of fused-ring (bicyclic) bond motifs is 2. The van der Waals surface area contributed by atoms with Crippen molar-refractivity contribution in [2.45, 2.75) is 20.0 Å². The van der Waals surface area contributed by atoms with E-state index in [1.165, 1.54) is 17.4 Å². The Hall–Kier alpha value is -2.11. The standard InChI is InChI=1S/C19H21NO3S/c1-13(21)23-15-6-7-18-17(11-15)16(5-4-9-20(2)3)19-14(12-22-18)8-10-24-19/h5-8,10-11H,4,9,12H2,1-3H3/b16-5-. The number of nitrogens with zero attached hydrogens (tertiary/aromatic N) is 1. The van der Waals surface area contributed by atoms with E-state index >= 15 is 0 Å². The fourth-order valence-corrected chi connectivity index (χ4v) is 3.68. The molecule has 0 amide bonds. The molecule has 0 unspecified atom stereocenters. The zero-order chi connectivity index (χ0) is 17.1. The number of esters is 1. The van der Waals surface area contributed by atoms with Gasteiger partial charge in [0.1, 0.15) is 18.1 Å². The molecule has 0 bridgehead atoms. The number of rotatable bonds is 4. The van der Waals surface area contributed by atoms with E-state index in [1.807, 2.05) is 12.1 Å². The Morgan fingerprint density at radius 3 is 2.96 bits per heavy atom. The first-order chi connectivity index (χ1) is 11.5. The number of hydrogen-bond donors (Lipinski definition) is 0. The minimum absolute atomic E-state index is 0.320. The Kier molecular flexibility index (Phi) is 5.02. The Balaban J connectivity index is 2.04. The molecule has 1 aromatic heterocycles. The maximum atomic E-state index is 11.3. The van der Waals surface area contributed by atoms with Crippen LogP contribution in [0.1, 0.15) is 29.3 Å². The van der Waals surface area contributed by atoms with E-state index in [1.54, 1.807) is 17.4 Å². The number of carbonyl (C=O) groups excluding carboxylic acids is 1. The third kappa shape index (κ3) is 3.68. The maximum absolute atomic E-state index is 11.3. The lowest BCUT2D eigenvalue weighted by molar-refractivity contribution is -0.131. The molecule has 0 radical (unpaired) electrons. The van der Waals surface area contributed by atoms with Crippen LogP contribution in [0.4, 0.5) is 0 Å². The van der Waals surface area contributed by atoms with Crippen LogP contribution in [-0.2, 0) is 11.4 Å². The van der Waals surface area contributed by atoms with E-state index in [0.717, 1.165) is 29.9 Å². The van der Waals surface area contributed by atoms with E-state index in [2.05, 4.69) is 36.5 Å². The van der Waals surface area contributed by atoms with Gasteiger partial charge in [0.2, 0.25) is 0 Å². The van der Waals surface area contributed by atoms with E-state index in [0.29, 0.717) is 12.4 Å². The van der Waals surface area contributed by atoms with Crippen LogP contribution in [0.15, 0.2) is 35.7 Å². The van der Waals surface area contributed by atoms with Crippen LogP contribution in [0.3, 0.4) is 0 Å². The summed E-state index contributed by atoms with van der Waals surface area (Å²) in [7, 11) is 4.13. The summed E-state index contributed by atoms with van der Waals surface area (Å²) in [5.74, 6) is 1.05. The second-order valence-corrected chi connectivity index (χ2v) is 6.94. The molecule has 1 aromatic carbocycles. The first-order valence-corrected chi connectivity index (χ1v) is 8.80. The molecular weight excluding hydrogens is 322 g/mol. The molecule has 1 aliphatic heterocycles. The first kappa shape index (κ1) is 16.7. The lowest BCUT2D eigenvalue weighted by Crippen LogP contribution is -2.12. The van der Waals surface area contributed by atoms with Crippen molar-refractivity contribution in [3.8, 4) is 11.5 Å². The summed E-state index contributed by atoms with van der Waals surface area (Å²) >= 11 is 1.72. The van der Waals surface area contributed by atoms with Crippen LogP contribution >= 0.6 is 11.3 Å². The number of ether oxygens (including phenoxy) is 2. The van der Waals surface area contributed by atoms with Gasteiger partial charge in [-0.3, -0.25) is 4.79 Å². The summed E-state index contributed by atoms with van der Waals surface area (Å²) in [5.41, 5.74) is 3.33. The molecule has 0 fully saturated rings. The first-order valence-electron chi connectivity index (χ1n) is 7.92. The SMILES string of the molecule is CC(=O)Oc1ccc2c(c1)/C(=C/CCN(C)C)c1sccc1CO2. The second-order valence-electron chi connectivity index (χ2n) is 6.02. The monoisotopic (exact) mass is 343 g/mol. The lowest BCUT2D eigenvalue weighted by atomic mass is 10.00. The predicted molar refractivity (Wildman–Crippen MR) is 96.7 cm³/mol. The maximum Gasteiger partial charge on any atom is 0.308 e. The second kappa shape index (κ2) is 7.20. The van der Waals surface area contributed by atoms with Crippen LogP contribution in [0.2, 0.25) is 0 Å². The van der Waals surface area contributed by atoms with Crippen LogP contribution in [0, 0.1) is 0 Å². The minimum Gasteiger partial charge on any atom is -0.488 e. The molecule has 24 heavy (non-hydrogen) atoms. The number of benzene rings is 1. The molecule has 0 N–H and O–H groups in total. The Morgan fingerprint density at radius 1 is 1.38 bits per heavy atom. The third-order valence-corrected chi connectivity index (χ3v) is 4.79. The molecule has 4 nitrogen and oxygen atoms in total. The summed E-state index contributed by atoms with van der Waals surface area (Å²) in [4.78, 5) is 14.7. The highest BCUT2D eigenvalue weighted by Gasteiger charge is 2.21. The van der Waals surface area contributed by atoms with Gasteiger partial charge in [0.15, 0.2) is 0 Å². The van der Waals surface area contributed by atoms with Crippen molar-refractivity contribution in [3.05, 3.63) is 51.7 Å². The van der Waals surface area contributed by atoms with Gasteiger partial charge in [0.05, 0.1) is 0 Å². The van der Waals surface area contributed by atoms with Crippen molar-refractivity contribution in [1.82, 2.24) is 4.90 Å². The van der Waals surface area contributed by atoms with Gasteiger partial charge in [-0.2, -0.15) is 0 Å². The van der Waals surface area contributed by atoms with Gasteiger partial charge in [0.25, 0.3) is 0 Å². The molecule has 0 saturated carbocycles. The predicted octanol–water partition coefficient (Wildman–Crippen LogP) is 3.95. The molecular formula is C19H21NO3S. The highest BCUT2D eigenvalue weighted by Crippen LogP contribution is 2.41. The van der Waals surface area contributed by atoms with Crippen molar-refractivity contribution < 1.29 is 14.3 Å². The lowest BCUT2D eigenvalue weighted by Gasteiger charge is -2.12. The molecule has 126 valence electrons. The molecule has 0 aliphatic carbocycles. The molecule has 0 atom stereocenters. The molecule has 2 heterocycles. The smallest absolute Gasteiger partial charge is 0.308 e. The van der Waals surface area contributed by atoms with Gasteiger partial charge in [-0.1, -0.05) is 6.08 Å². The van der Waals surface area contributed by atoms with Gasteiger partial charge in [-0.05, 0) is 55.7 Å².